The molecule has 2 fully saturated rings. The number of carbonyl (C=O) groups is 1. The molecule has 1 saturated carbocycles. The Hall–Kier alpha value is -3.52. The maximum atomic E-state index is 12.5. The van der Waals surface area contributed by atoms with E-state index in [-0.39, 0.29) is 12.3 Å². The first-order valence-electron chi connectivity index (χ1n) is 12.5. The maximum absolute atomic E-state index is 12.5. The Morgan fingerprint density at radius 3 is 2.66 bits per heavy atom. The molecule has 3 aromatic rings. The Labute approximate surface area is 205 Å². The molecule has 1 amide bonds. The molecular formula is C27H31N7O. The third kappa shape index (κ3) is 4.71. The van der Waals surface area contributed by atoms with E-state index in [1.54, 1.807) is 6.20 Å². The first kappa shape index (κ1) is 22.0. The summed E-state index contributed by atoms with van der Waals surface area (Å²) in [7, 11) is 2.17. The van der Waals surface area contributed by atoms with Crippen molar-refractivity contribution in [3.05, 3.63) is 53.3 Å². The molecule has 1 aromatic carbocycles. The summed E-state index contributed by atoms with van der Waals surface area (Å²) in [4.78, 5) is 29.0. The second kappa shape index (κ2) is 8.92. The summed E-state index contributed by atoms with van der Waals surface area (Å²) in [5.41, 5.74) is 6.44. The molecule has 6 rings (SSSR count). The highest BCUT2D eigenvalue weighted by molar-refractivity contribution is 6.00. The Bertz CT molecular complexity index is 1280. The van der Waals surface area contributed by atoms with Crippen LogP contribution in [-0.2, 0) is 11.2 Å². The number of hydrogen-bond acceptors (Lipinski definition) is 7. The molecule has 3 N–H and O–H groups in total. The number of pyridine rings is 1. The van der Waals surface area contributed by atoms with Gasteiger partial charge in [-0.05, 0) is 82.4 Å². The molecule has 0 spiro atoms. The number of aryl methyl sites for hydroxylation is 1. The normalized spacial score (nSPS) is 18.3. The van der Waals surface area contributed by atoms with Gasteiger partial charge in [0.1, 0.15) is 5.82 Å². The number of rotatable bonds is 5. The lowest BCUT2D eigenvalue weighted by Gasteiger charge is -2.29. The van der Waals surface area contributed by atoms with Crippen LogP contribution >= 0.6 is 0 Å². The molecule has 1 saturated heterocycles. The van der Waals surface area contributed by atoms with Crippen LogP contribution in [0, 0.1) is 6.92 Å². The van der Waals surface area contributed by atoms with Gasteiger partial charge in [-0.15, -0.1) is 0 Å². The van der Waals surface area contributed by atoms with E-state index in [1.165, 1.54) is 18.4 Å². The van der Waals surface area contributed by atoms with E-state index in [0.29, 0.717) is 17.9 Å². The van der Waals surface area contributed by atoms with Crippen molar-refractivity contribution in [2.45, 2.75) is 51.0 Å². The Morgan fingerprint density at radius 1 is 1.06 bits per heavy atom. The third-order valence-corrected chi connectivity index (χ3v) is 7.24. The number of benzene rings is 1. The zero-order valence-electron chi connectivity index (χ0n) is 20.3. The lowest BCUT2D eigenvalue weighted by molar-refractivity contribution is -0.115. The molecule has 3 aliphatic rings. The van der Waals surface area contributed by atoms with E-state index in [0.717, 1.165) is 65.6 Å². The topological polar surface area (TPSA) is 95.1 Å². The van der Waals surface area contributed by atoms with Crippen LogP contribution in [0.2, 0.25) is 0 Å². The molecule has 0 bridgehead atoms. The van der Waals surface area contributed by atoms with Gasteiger partial charge in [-0.1, -0.05) is 12.1 Å². The smallest absolute Gasteiger partial charge is 0.228 e. The highest BCUT2D eigenvalue weighted by Gasteiger charge is 2.27. The fraction of sp³-hybridized carbons (Fsp3) is 0.407. The third-order valence-electron chi connectivity index (χ3n) is 7.24. The van der Waals surface area contributed by atoms with Gasteiger partial charge in [-0.3, -0.25) is 4.79 Å². The largest absolute Gasteiger partial charge is 0.367 e. The quantitative estimate of drug-likeness (QED) is 0.507. The van der Waals surface area contributed by atoms with E-state index in [9.17, 15) is 4.79 Å². The van der Waals surface area contributed by atoms with E-state index in [4.69, 9.17) is 9.97 Å². The van der Waals surface area contributed by atoms with Gasteiger partial charge in [0, 0.05) is 23.4 Å². The van der Waals surface area contributed by atoms with Crippen molar-refractivity contribution in [3.8, 4) is 11.3 Å². The number of nitrogens with zero attached hydrogens (tertiary/aromatic N) is 4. The zero-order chi connectivity index (χ0) is 23.9. The van der Waals surface area contributed by atoms with E-state index < -0.39 is 0 Å². The number of amides is 1. The number of piperidine rings is 1. The second-order valence-electron chi connectivity index (χ2n) is 10.0. The van der Waals surface area contributed by atoms with Crippen molar-refractivity contribution in [3.63, 3.8) is 0 Å². The summed E-state index contributed by atoms with van der Waals surface area (Å²) < 4.78 is 0. The van der Waals surface area contributed by atoms with Gasteiger partial charge in [0.15, 0.2) is 0 Å². The van der Waals surface area contributed by atoms with Crippen LogP contribution in [0.15, 0.2) is 36.5 Å². The number of nitrogens with one attached hydrogen (secondary N) is 3. The van der Waals surface area contributed by atoms with E-state index in [1.807, 2.05) is 19.1 Å². The minimum atomic E-state index is -0.0324. The second-order valence-corrected chi connectivity index (χ2v) is 10.0. The molecule has 4 heterocycles. The molecule has 0 unspecified atom stereocenters. The maximum Gasteiger partial charge on any atom is 0.228 e. The predicted molar refractivity (Wildman–Crippen MR) is 138 cm³/mol. The molecule has 35 heavy (non-hydrogen) atoms. The number of likely N-dealkylation sites (tertiary alicyclic amines) is 1. The predicted octanol–water partition coefficient (Wildman–Crippen LogP) is 4.47. The van der Waals surface area contributed by atoms with Crippen molar-refractivity contribution < 1.29 is 4.79 Å². The summed E-state index contributed by atoms with van der Waals surface area (Å²) in [6.45, 7) is 4.21. The molecule has 180 valence electrons. The van der Waals surface area contributed by atoms with Crippen LogP contribution in [0.5, 0.6) is 0 Å². The van der Waals surface area contributed by atoms with Crippen LogP contribution in [0.1, 0.15) is 48.4 Å². The van der Waals surface area contributed by atoms with Crippen molar-refractivity contribution >= 4 is 29.0 Å². The number of aromatic nitrogens is 3. The number of fused-ring (bicyclic) bond motifs is 3. The van der Waals surface area contributed by atoms with Crippen LogP contribution in [0.25, 0.3) is 11.3 Å². The standard InChI is InChI=1S/C27H31N7O/c1-16-22(7-8-24(29-16)30-20-9-11-34(2)12-10-20)32-27-28-15-19-14-25(35)31-23-13-18(17-3-4-17)5-6-21(23)26(19)33-27/h5-8,13,15,17,20H,3-4,9-12,14H2,1-2H3,(H,29,30)(H,31,35)(H,28,32,33). The molecule has 0 atom stereocenters. The van der Waals surface area contributed by atoms with Crippen molar-refractivity contribution in [2.75, 3.05) is 36.1 Å². The summed E-state index contributed by atoms with van der Waals surface area (Å²) in [6.07, 6.45) is 6.72. The van der Waals surface area contributed by atoms with Crippen molar-refractivity contribution in [2.24, 2.45) is 0 Å². The van der Waals surface area contributed by atoms with E-state index in [2.05, 4.69) is 51.1 Å². The Balaban J connectivity index is 1.24. The van der Waals surface area contributed by atoms with Crippen LogP contribution < -0.4 is 16.0 Å². The Morgan fingerprint density at radius 2 is 1.89 bits per heavy atom. The summed E-state index contributed by atoms with van der Waals surface area (Å²) in [5.74, 6) is 1.98. The van der Waals surface area contributed by atoms with Crippen LogP contribution in [0.3, 0.4) is 0 Å². The van der Waals surface area contributed by atoms with Gasteiger partial charge in [-0.25, -0.2) is 15.0 Å². The summed E-state index contributed by atoms with van der Waals surface area (Å²) in [6, 6.07) is 10.8. The van der Waals surface area contributed by atoms with Gasteiger partial charge >= 0.3 is 0 Å². The minimum Gasteiger partial charge on any atom is -0.367 e. The van der Waals surface area contributed by atoms with Crippen LogP contribution in [0.4, 0.5) is 23.1 Å². The van der Waals surface area contributed by atoms with Gasteiger partial charge in [0.05, 0.1) is 29.2 Å². The molecule has 8 nitrogen and oxygen atoms in total. The SMILES string of the molecule is Cc1nc(NC2CCN(C)CC2)ccc1Nc1ncc2c(n1)-c1ccc(C3CC3)cc1NC(=O)C2. The molecule has 2 aromatic heterocycles. The lowest BCUT2D eigenvalue weighted by atomic mass is 10.0. The van der Waals surface area contributed by atoms with Gasteiger partial charge < -0.3 is 20.9 Å². The summed E-state index contributed by atoms with van der Waals surface area (Å²) in [5, 5.41) is 9.98. The van der Waals surface area contributed by atoms with Crippen molar-refractivity contribution in [1.29, 1.82) is 0 Å². The minimum absolute atomic E-state index is 0.0324. The lowest BCUT2D eigenvalue weighted by Crippen LogP contribution is -2.36. The van der Waals surface area contributed by atoms with Gasteiger partial charge in [0.2, 0.25) is 11.9 Å². The molecule has 8 heteroatoms. The first-order valence-corrected chi connectivity index (χ1v) is 12.5. The average molecular weight is 470 g/mol. The summed E-state index contributed by atoms with van der Waals surface area (Å²) >= 11 is 0. The molecular weight excluding hydrogens is 438 g/mol. The number of anilines is 4. The van der Waals surface area contributed by atoms with Gasteiger partial charge in [-0.2, -0.15) is 0 Å². The fourth-order valence-electron chi connectivity index (χ4n) is 5.00. The van der Waals surface area contributed by atoms with Crippen LogP contribution in [-0.4, -0.2) is 51.9 Å². The van der Waals surface area contributed by atoms with Gasteiger partial charge in [0.25, 0.3) is 0 Å². The first-order chi connectivity index (χ1) is 17.0. The number of carbonyl (C=O) groups excluding carboxylic acids is 1. The zero-order valence-corrected chi connectivity index (χ0v) is 20.3. The highest BCUT2D eigenvalue weighted by atomic mass is 16.1. The Kier molecular flexibility index (Phi) is 5.60. The fourth-order valence-corrected chi connectivity index (χ4v) is 5.00. The highest BCUT2D eigenvalue weighted by Crippen LogP contribution is 2.43. The molecule has 2 aliphatic heterocycles. The number of hydrogen-bond donors (Lipinski definition) is 3. The average Bonchev–Trinajstić information content (AvgIpc) is 3.69. The molecule has 1 aliphatic carbocycles. The molecule has 0 radical (unpaired) electrons. The van der Waals surface area contributed by atoms with E-state index >= 15 is 0 Å². The monoisotopic (exact) mass is 469 g/mol. The van der Waals surface area contributed by atoms with Crippen molar-refractivity contribution in [1.82, 2.24) is 19.9 Å².